The van der Waals surface area contributed by atoms with E-state index in [1.54, 1.807) is 0 Å². The molecule has 1 N–H and O–H groups in total. The highest BCUT2D eigenvalue weighted by molar-refractivity contribution is 6.22. The van der Waals surface area contributed by atoms with Crippen LogP contribution in [0.5, 0.6) is 0 Å². The molecule has 4 amide bonds. The molecule has 168 valence electrons. The summed E-state index contributed by atoms with van der Waals surface area (Å²) in [5, 5.41) is 2.62. The van der Waals surface area contributed by atoms with Crippen molar-refractivity contribution in [3.63, 3.8) is 0 Å². The number of nitrogens with zero attached hydrogens (tertiary/aromatic N) is 2. The van der Waals surface area contributed by atoms with Gasteiger partial charge in [-0.2, -0.15) is 0 Å². The Hall–Kier alpha value is -4.07. The number of imide groups is 1. The Labute approximate surface area is 189 Å². The second-order valence-corrected chi connectivity index (χ2v) is 7.82. The van der Waals surface area contributed by atoms with Gasteiger partial charge in [-0.3, -0.25) is 9.59 Å². The van der Waals surface area contributed by atoms with Gasteiger partial charge in [0.25, 0.3) is 5.91 Å². The molecule has 33 heavy (non-hydrogen) atoms. The van der Waals surface area contributed by atoms with Crippen molar-refractivity contribution in [2.45, 2.75) is 25.9 Å². The summed E-state index contributed by atoms with van der Waals surface area (Å²) in [5.41, 5.74) is 2.44. The Morgan fingerprint density at radius 1 is 0.879 bits per heavy atom. The van der Waals surface area contributed by atoms with Gasteiger partial charge in [0.2, 0.25) is 5.91 Å². The standard InChI is InChI=1S/C25H21F2N3O3/c1-16-2-4-17(5-3-16)15-29-22(14-23(31)28-20-10-6-18(26)7-11-20)24(32)30(25(29)33)21-12-8-19(27)9-13-21/h2-13,22H,14-15H2,1H3,(H,28,31). The third-order valence-corrected chi connectivity index (χ3v) is 5.38. The number of amides is 4. The molecular formula is C25H21F2N3O3. The van der Waals surface area contributed by atoms with E-state index in [9.17, 15) is 23.2 Å². The molecule has 1 aliphatic heterocycles. The number of urea groups is 1. The van der Waals surface area contributed by atoms with Gasteiger partial charge in [-0.1, -0.05) is 29.8 Å². The normalized spacial score (nSPS) is 15.8. The molecular weight excluding hydrogens is 428 g/mol. The second-order valence-electron chi connectivity index (χ2n) is 7.82. The number of benzene rings is 3. The summed E-state index contributed by atoms with van der Waals surface area (Å²) in [6, 6.07) is 16.1. The number of aryl methyl sites for hydroxylation is 1. The fourth-order valence-electron chi connectivity index (χ4n) is 3.65. The fraction of sp³-hybridized carbons (Fsp3) is 0.160. The van der Waals surface area contributed by atoms with Crippen LogP contribution < -0.4 is 10.2 Å². The van der Waals surface area contributed by atoms with Crippen LogP contribution in [0.2, 0.25) is 0 Å². The summed E-state index contributed by atoms with van der Waals surface area (Å²) in [6.07, 6.45) is -0.286. The van der Waals surface area contributed by atoms with Crippen molar-refractivity contribution in [2.24, 2.45) is 0 Å². The minimum Gasteiger partial charge on any atom is -0.326 e. The molecule has 1 aliphatic rings. The monoisotopic (exact) mass is 449 g/mol. The topological polar surface area (TPSA) is 69.7 Å². The zero-order chi connectivity index (χ0) is 23.5. The smallest absolute Gasteiger partial charge is 0.326 e. The lowest BCUT2D eigenvalue weighted by atomic mass is 10.1. The van der Waals surface area contributed by atoms with Gasteiger partial charge in [-0.05, 0) is 61.0 Å². The molecule has 4 rings (SSSR count). The zero-order valence-corrected chi connectivity index (χ0v) is 17.8. The maximum atomic E-state index is 13.4. The average Bonchev–Trinajstić information content (AvgIpc) is 3.01. The van der Waals surface area contributed by atoms with E-state index in [4.69, 9.17) is 0 Å². The number of halogens is 2. The van der Waals surface area contributed by atoms with Gasteiger partial charge >= 0.3 is 6.03 Å². The maximum absolute atomic E-state index is 13.4. The van der Waals surface area contributed by atoms with E-state index in [-0.39, 0.29) is 18.7 Å². The van der Waals surface area contributed by atoms with Crippen molar-refractivity contribution in [2.75, 3.05) is 10.2 Å². The molecule has 0 aliphatic carbocycles. The lowest BCUT2D eigenvalue weighted by Crippen LogP contribution is -2.37. The van der Waals surface area contributed by atoms with Crippen LogP contribution >= 0.6 is 0 Å². The molecule has 0 radical (unpaired) electrons. The van der Waals surface area contributed by atoms with E-state index in [2.05, 4.69) is 5.32 Å². The van der Waals surface area contributed by atoms with Crippen molar-refractivity contribution in [3.05, 3.63) is 95.6 Å². The molecule has 1 atom stereocenters. The van der Waals surface area contributed by atoms with E-state index in [1.165, 1.54) is 41.3 Å². The Kier molecular flexibility index (Phi) is 6.17. The summed E-state index contributed by atoms with van der Waals surface area (Å²) in [4.78, 5) is 41.4. The van der Waals surface area contributed by atoms with Crippen LogP contribution in [0.25, 0.3) is 0 Å². The highest BCUT2D eigenvalue weighted by Gasteiger charge is 2.46. The Bertz CT molecular complexity index is 1180. The molecule has 3 aromatic carbocycles. The van der Waals surface area contributed by atoms with Gasteiger partial charge in [-0.25, -0.2) is 18.5 Å². The van der Waals surface area contributed by atoms with Gasteiger partial charge < -0.3 is 10.2 Å². The quantitative estimate of drug-likeness (QED) is 0.558. The highest BCUT2D eigenvalue weighted by Crippen LogP contribution is 2.29. The van der Waals surface area contributed by atoms with Crippen molar-refractivity contribution >= 4 is 29.2 Å². The Balaban J connectivity index is 1.59. The van der Waals surface area contributed by atoms with Crippen molar-refractivity contribution in [3.8, 4) is 0 Å². The molecule has 1 fully saturated rings. The largest absolute Gasteiger partial charge is 0.332 e. The molecule has 3 aromatic rings. The van der Waals surface area contributed by atoms with Gasteiger partial charge in [0, 0.05) is 12.2 Å². The molecule has 0 spiro atoms. The molecule has 1 unspecified atom stereocenters. The number of carbonyl (C=O) groups excluding carboxylic acids is 3. The van der Waals surface area contributed by atoms with Crippen molar-refractivity contribution in [1.82, 2.24) is 4.90 Å². The number of rotatable bonds is 6. The minimum absolute atomic E-state index is 0.122. The predicted octanol–water partition coefficient (Wildman–Crippen LogP) is 4.64. The lowest BCUT2D eigenvalue weighted by molar-refractivity contribution is -0.124. The first-order valence-corrected chi connectivity index (χ1v) is 10.3. The van der Waals surface area contributed by atoms with Gasteiger partial charge in [-0.15, -0.1) is 0 Å². The Morgan fingerprint density at radius 3 is 2.06 bits per heavy atom. The number of hydrogen-bond donors (Lipinski definition) is 1. The third-order valence-electron chi connectivity index (χ3n) is 5.38. The third kappa shape index (κ3) is 4.90. The molecule has 0 aromatic heterocycles. The molecule has 6 nitrogen and oxygen atoms in total. The van der Waals surface area contributed by atoms with E-state index >= 15 is 0 Å². The first kappa shape index (κ1) is 22.1. The van der Waals surface area contributed by atoms with E-state index in [0.717, 1.165) is 28.2 Å². The number of hydrogen-bond acceptors (Lipinski definition) is 3. The zero-order valence-electron chi connectivity index (χ0n) is 17.8. The summed E-state index contributed by atoms with van der Waals surface area (Å²) < 4.78 is 26.5. The van der Waals surface area contributed by atoms with Crippen LogP contribution in [-0.4, -0.2) is 28.8 Å². The maximum Gasteiger partial charge on any atom is 0.332 e. The molecule has 1 heterocycles. The summed E-state index contributed by atoms with van der Waals surface area (Å²) in [7, 11) is 0. The number of carbonyl (C=O) groups is 3. The van der Waals surface area contributed by atoms with Crippen LogP contribution in [0.15, 0.2) is 72.8 Å². The average molecular weight is 449 g/mol. The van der Waals surface area contributed by atoms with E-state index in [1.807, 2.05) is 31.2 Å². The first-order valence-electron chi connectivity index (χ1n) is 10.3. The molecule has 8 heteroatoms. The van der Waals surface area contributed by atoms with Crippen LogP contribution in [-0.2, 0) is 16.1 Å². The van der Waals surface area contributed by atoms with Crippen molar-refractivity contribution < 1.29 is 23.2 Å². The van der Waals surface area contributed by atoms with E-state index in [0.29, 0.717) is 5.69 Å². The number of nitrogens with one attached hydrogen (secondary N) is 1. The molecule has 1 saturated heterocycles. The SMILES string of the molecule is Cc1ccc(CN2C(=O)N(c3ccc(F)cc3)C(=O)C2CC(=O)Nc2ccc(F)cc2)cc1. The first-order chi connectivity index (χ1) is 15.8. The minimum atomic E-state index is -1.05. The summed E-state index contributed by atoms with van der Waals surface area (Å²) >= 11 is 0. The molecule has 0 bridgehead atoms. The van der Waals surface area contributed by atoms with Crippen molar-refractivity contribution in [1.29, 1.82) is 0 Å². The fourth-order valence-corrected chi connectivity index (χ4v) is 3.65. The predicted molar refractivity (Wildman–Crippen MR) is 119 cm³/mol. The molecule has 0 saturated carbocycles. The summed E-state index contributed by atoms with van der Waals surface area (Å²) in [6.45, 7) is 2.06. The van der Waals surface area contributed by atoms with Crippen LogP contribution in [0.4, 0.5) is 25.0 Å². The number of anilines is 2. The van der Waals surface area contributed by atoms with Crippen LogP contribution in [0, 0.1) is 18.6 Å². The lowest BCUT2D eigenvalue weighted by Gasteiger charge is -2.22. The highest BCUT2D eigenvalue weighted by atomic mass is 19.1. The van der Waals surface area contributed by atoms with Gasteiger partial charge in [0.1, 0.15) is 17.7 Å². The van der Waals surface area contributed by atoms with Gasteiger partial charge in [0.15, 0.2) is 0 Å². The van der Waals surface area contributed by atoms with E-state index < -0.39 is 35.5 Å². The summed E-state index contributed by atoms with van der Waals surface area (Å²) in [5.74, 6) is -2.01. The van der Waals surface area contributed by atoms with Crippen LogP contribution in [0.3, 0.4) is 0 Å². The Morgan fingerprint density at radius 2 is 1.45 bits per heavy atom. The second kappa shape index (κ2) is 9.20. The van der Waals surface area contributed by atoms with Gasteiger partial charge in [0.05, 0.1) is 12.1 Å². The van der Waals surface area contributed by atoms with Crippen LogP contribution in [0.1, 0.15) is 17.5 Å².